The summed E-state index contributed by atoms with van der Waals surface area (Å²) >= 11 is 0. The largest absolute Gasteiger partial charge is 0.361 e. The first-order valence-electron chi connectivity index (χ1n) is 3.91. The van der Waals surface area contributed by atoms with Gasteiger partial charge in [-0.15, -0.1) is 0 Å². The maximum absolute atomic E-state index is 9.55. The Morgan fingerprint density at radius 1 is 1.33 bits per heavy atom. The fourth-order valence-corrected chi connectivity index (χ4v) is 1.64. The molecule has 0 spiro atoms. The van der Waals surface area contributed by atoms with Crippen LogP contribution in [-0.2, 0) is 12.2 Å². The molecule has 1 atom stereocenters. The molecule has 0 heterocycles. The fourth-order valence-electron chi connectivity index (χ4n) is 1.64. The van der Waals surface area contributed by atoms with Crippen molar-refractivity contribution in [2.45, 2.75) is 18.2 Å². The van der Waals surface area contributed by atoms with Gasteiger partial charge in [0.2, 0.25) is 5.79 Å². The molecule has 1 aromatic carbocycles. The summed E-state index contributed by atoms with van der Waals surface area (Å²) in [5.74, 6) is -1.84. The van der Waals surface area contributed by atoms with Crippen molar-refractivity contribution >= 4 is 0 Å². The average Bonchev–Trinajstić information content (AvgIpc) is 2.25. The van der Waals surface area contributed by atoms with Crippen LogP contribution in [0.2, 0.25) is 0 Å². The molecule has 0 aliphatic heterocycles. The third kappa shape index (κ3) is 0.876. The van der Waals surface area contributed by atoms with E-state index in [-0.39, 0.29) is 0 Å². The maximum atomic E-state index is 9.55. The van der Waals surface area contributed by atoms with Crippen molar-refractivity contribution < 1.29 is 10.2 Å². The average molecular weight is 165 g/mol. The summed E-state index contributed by atoms with van der Waals surface area (Å²) in [6, 6.07) is 6.60. The van der Waals surface area contributed by atoms with E-state index in [9.17, 15) is 10.2 Å². The van der Waals surface area contributed by atoms with Gasteiger partial charge in [0.1, 0.15) is 0 Å². The van der Waals surface area contributed by atoms with E-state index in [0.717, 1.165) is 5.56 Å². The molecule has 2 rings (SSSR count). The minimum atomic E-state index is -1.84. The Morgan fingerprint density at radius 2 is 2.00 bits per heavy atom. The molecule has 1 aliphatic carbocycles. The normalized spacial score (nSPS) is 25.4. The highest BCUT2D eigenvalue weighted by Gasteiger charge is 2.41. The molecule has 64 valence electrons. The van der Waals surface area contributed by atoms with Crippen molar-refractivity contribution in [3.63, 3.8) is 0 Å². The molecule has 0 unspecified atom stereocenters. The van der Waals surface area contributed by atoms with Crippen LogP contribution in [0.25, 0.3) is 0 Å². The highest BCUT2D eigenvalue weighted by atomic mass is 16.5. The van der Waals surface area contributed by atoms with Crippen molar-refractivity contribution in [2.24, 2.45) is 5.73 Å². The Hall–Kier alpha value is -0.900. The van der Waals surface area contributed by atoms with Gasteiger partial charge in [0.15, 0.2) is 0 Å². The lowest BCUT2D eigenvalue weighted by molar-refractivity contribution is -0.177. The molecule has 1 aliphatic rings. The van der Waals surface area contributed by atoms with Gasteiger partial charge in [-0.25, -0.2) is 0 Å². The molecule has 0 radical (unpaired) electrons. The molecule has 3 heteroatoms. The van der Waals surface area contributed by atoms with E-state index in [4.69, 9.17) is 5.73 Å². The van der Waals surface area contributed by atoms with Gasteiger partial charge in [-0.1, -0.05) is 24.3 Å². The van der Waals surface area contributed by atoms with Crippen LogP contribution in [0.4, 0.5) is 0 Å². The van der Waals surface area contributed by atoms with Gasteiger partial charge in [-0.3, -0.25) is 0 Å². The second-order valence-corrected chi connectivity index (χ2v) is 3.19. The highest BCUT2D eigenvalue weighted by molar-refractivity contribution is 5.37. The molecule has 0 aromatic heterocycles. The van der Waals surface area contributed by atoms with Crippen molar-refractivity contribution in [1.29, 1.82) is 0 Å². The SMILES string of the molecule is N[C@@H]1Cc2ccccc2C1(O)O. The fraction of sp³-hybridized carbons (Fsp3) is 0.333. The van der Waals surface area contributed by atoms with Crippen LogP contribution in [0.15, 0.2) is 24.3 Å². The summed E-state index contributed by atoms with van der Waals surface area (Å²) in [5, 5.41) is 19.1. The van der Waals surface area contributed by atoms with Crippen LogP contribution in [0.3, 0.4) is 0 Å². The third-order valence-corrected chi connectivity index (χ3v) is 2.37. The lowest BCUT2D eigenvalue weighted by Crippen LogP contribution is -2.41. The third-order valence-electron chi connectivity index (χ3n) is 2.37. The van der Waals surface area contributed by atoms with E-state index in [2.05, 4.69) is 0 Å². The summed E-state index contributed by atoms with van der Waals surface area (Å²) in [5.41, 5.74) is 7.03. The van der Waals surface area contributed by atoms with E-state index in [1.807, 2.05) is 12.1 Å². The van der Waals surface area contributed by atoms with Gasteiger partial charge in [-0.05, 0) is 12.0 Å². The number of nitrogens with two attached hydrogens (primary N) is 1. The smallest absolute Gasteiger partial charge is 0.206 e. The van der Waals surface area contributed by atoms with E-state index in [1.54, 1.807) is 12.1 Å². The second-order valence-electron chi connectivity index (χ2n) is 3.19. The molecule has 0 fully saturated rings. The Bertz CT molecular complexity index is 309. The number of benzene rings is 1. The molecule has 12 heavy (non-hydrogen) atoms. The predicted molar refractivity (Wildman–Crippen MR) is 44.2 cm³/mol. The number of hydrogen-bond acceptors (Lipinski definition) is 3. The molecule has 1 aromatic rings. The van der Waals surface area contributed by atoms with Crippen molar-refractivity contribution in [3.8, 4) is 0 Å². The summed E-state index contributed by atoms with van der Waals surface area (Å²) < 4.78 is 0. The van der Waals surface area contributed by atoms with Crippen LogP contribution in [0.1, 0.15) is 11.1 Å². The van der Waals surface area contributed by atoms with Crippen molar-refractivity contribution in [2.75, 3.05) is 0 Å². The van der Waals surface area contributed by atoms with Crippen molar-refractivity contribution in [3.05, 3.63) is 35.4 Å². The van der Waals surface area contributed by atoms with E-state index >= 15 is 0 Å². The number of rotatable bonds is 0. The Morgan fingerprint density at radius 3 is 2.67 bits per heavy atom. The Labute approximate surface area is 70.4 Å². The summed E-state index contributed by atoms with van der Waals surface area (Å²) in [4.78, 5) is 0. The number of fused-ring (bicyclic) bond motifs is 1. The minimum absolute atomic E-state index is 0.531. The zero-order valence-corrected chi connectivity index (χ0v) is 6.57. The first-order valence-corrected chi connectivity index (χ1v) is 3.91. The first-order chi connectivity index (χ1) is 5.62. The minimum Gasteiger partial charge on any atom is -0.361 e. The standard InChI is InChI=1S/C9H11NO2/c10-8-5-6-3-1-2-4-7(6)9(8,11)12/h1-4,8,11-12H,5,10H2/t8-/m1/s1. The van der Waals surface area contributed by atoms with Crippen LogP contribution in [-0.4, -0.2) is 16.3 Å². The van der Waals surface area contributed by atoms with Gasteiger partial charge in [0, 0.05) is 5.56 Å². The Balaban J connectivity index is 2.55. The van der Waals surface area contributed by atoms with Gasteiger partial charge >= 0.3 is 0 Å². The maximum Gasteiger partial charge on any atom is 0.206 e. The van der Waals surface area contributed by atoms with Crippen LogP contribution >= 0.6 is 0 Å². The second kappa shape index (κ2) is 2.29. The molecule has 0 amide bonds. The van der Waals surface area contributed by atoms with Gasteiger partial charge in [0.25, 0.3) is 0 Å². The lowest BCUT2D eigenvalue weighted by atomic mass is 10.1. The lowest BCUT2D eigenvalue weighted by Gasteiger charge is -2.21. The molecule has 3 nitrogen and oxygen atoms in total. The van der Waals surface area contributed by atoms with Crippen molar-refractivity contribution in [1.82, 2.24) is 0 Å². The summed E-state index contributed by atoms with van der Waals surface area (Å²) in [7, 11) is 0. The van der Waals surface area contributed by atoms with Gasteiger partial charge in [-0.2, -0.15) is 0 Å². The van der Waals surface area contributed by atoms with E-state index in [0.29, 0.717) is 12.0 Å². The molecular weight excluding hydrogens is 154 g/mol. The highest BCUT2D eigenvalue weighted by Crippen LogP contribution is 2.33. The number of hydrogen-bond donors (Lipinski definition) is 3. The zero-order chi connectivity index (χ0) is 8.77. The Kier molecular flexibility index (Phi) is 1.48. The first kappa shape index (κ1) is 7.73. The topological polar surface area (TPSA) is 66.5 Å². The monoisotopic (exact) mass is 165 g/mol. The van der Waals surface area contributed by atoms with Crippen LogP contribution in [0, 0.1) is 0 Å². The predicted octanol–water partition coefficient (Wildman–Crippen LogP) is -0.293. The summed E-state index contributed by atoms with van der Waals surface area (Å²) in [6.07, 6.45) is 0.531. The van der Waals surface area contributed by atoms with Crippen LogP contribution in [0.5, 0.6) is 0 Å². The zero-order valence-electron chi connectivity index (χ0n) is 6.57. The summed E-state index contributed by atoms with van der Waals surface area (Å²) in [6.45, 7) is 0. The molecule has 4 N–H and O–H groups in total. The van der Waals surface area contributed by atoms with E-state index < -0.39 is 11.8 Å². The van der Waals surface area contributed by atoms with Gasteiger partial charge in [0.05, 0.1) is 6.04 Å². The van der Waals surface area contributed by atoms with E-state index in [1.165, 1.54) is 0 Å². The molecular formula is C9H11NO2. The molecule has 0 saturated carbocycles. The number of aliphatic hydroxyl groups is 2. The van der Waals surface area contributed by atoms with Gasteiger partial charge < -0.3 is 15.9 Å². The quantitative estimate of drug-likeness (QED) is 0.463. The van der Waals surface area contributed by atoms with Crippen LogP contribution < -0.4 is 5.73 Å². The molecule has 0 saturated heterocycles. The molecule has 0 bridgehead atoms.